The van der Waals surface area contributed by atoms with Crippen molar-refractivity contribution in [3.63, 3.8) is 0 Å². The number of halogens is 3. The molecule has 2 unspecified atom stereocenters. The van der Waals surface area contributed by atoms with Crippen LogP contribution < -0.4 is 5.32 Å². The molecule has 0 saturated carbocycles. The fraction of sp³-hybridized carbons (Fsp3) is 0.471. The third kappa shape index (κ3) is 3.40. The lowest BCUT2D eigenvalue weighted by Crippen LogP contribution is -2.57. The van der Waals surface area contributed by atoms with E-state index in [0.717, 1.165) is 21.4 Å². The van der Waals surface area contributed by atoms with Gasteiger partial charge in [0.25, 0.3) is 0 Å². The van der Waals surface area contributed by atoms with Crippen molar-refractivity contribution in [3.8, 4) is 0 Å². The second-order valence-corrected chi connectivity index (χ2v) is 6.24. The summed E-state index contributed by atoms with van der Waals surface area (Å²) in [6, 6.07) is 6.11. The Morgan fingerprint density at radius 2 is 2.12 bits per heavy atom. The first-order chi connectivity index (χ1) is 11.4. The van der Waals surface area contributed by atoms with Crippen LogP contribution in [0.25, 0.3) is 10.9 Å². The van der Waals surface area contributed by atoms with E-state index in [1.165, 1.54) is 6.92 Å². The maximum atomic E-state index is 13.1. The Bertz CT molecular complexity index is 725. The van der Waals surface area contributed by atoms with Gasteiger partial charge >= 0.3 is 6.18 Å². The molecule has 1 saturated heterocycles. The first kappa shape index (κ1) is 16.8. The number of fused-ring (bicyclic) bond motifs is 1. The Balaban J connectivity index is 1.66. The average Bonchev–Trinajstić information content (AvgIpc) is 3.00. The van der Waals surface area contributed by atoms with Crippen LogP contribution in [0.3, 0.4) is 0 Å². The number of nitrogens with one attached hydrogen (secondary N) is 2. The zero-order valence-corrected chi connectivity index (χ0v) is 13.4. The summed E-state index contributed by atoms with van der Waals surface area (Å²) in [6.07, 6.45) is -2.17. The molecular formula is C17H20F3N3O. The number of para-hydroxylation sites is 1. The SMILES string of the molecule is CC(=O)N1CC(NCc2cccc3cc[nH]c23)CCC1C(F)(F)F. The van der Waals surface area contributed by atoms with Crippen LogP contribution in [0.1, 0.15) is 25.3 Å². The van der Waals surface area contributed by atoms with Crippen LogP contribution in [-0.2, 0) is 11.3 Å². The normalized spacial score (nSPS) is 22.1. The largest absolute Gasteiger partial charge is 0.408 e. The van der Waals surface area contributed by atoms with Gasteiger partial charge in [0.2, 0.25) is 5.91 Å². The van der Waals surface area contributed by atoms with E-state index in [0.29, 0.717) is 13.0 Å². The number of piperidine rings is 1. The number of aromatic amines is 1. The average molecular weight is 339 g/mol. The fourth-order valence-corrected chi connectivity index (χ4v) is 3.38. The molecule has 3 rings (SSSR count). The van der Waals surface area contributed by atoms with Gasteiger partial charge in [-0.3, -0.25) is 4.79 Å². The quantitative estimate of drug-likeness (QED) is 0.902. The van der Waals surface area contributed by atoms with E-state index >= 15 is 0 Å². The van der Waals surface area contributed by atoms with E-state index in [1.807, 2.05) is 30.5 Å². The minimum absolute atomic E-state index is 0.0621. The van der Waals surface area contributed by atoms with Crippen LogP contribution in [0, 0.1) is 0 Å². The molecule has 1 amide bonds. The molecule has 2 aromatic rings. The molecule has 24 heavy (non-hydrogen) atoms. The van der Waals surface area contributed by atoms with Gasteiger partial charge in [0, 0.05) is 37.8 Å². The maximum Gasteiger partial charge on any atom is 0.408 e. The highest BCUT2D eigenvalue weighted by Gasteiger charge is 2.47. The van der Waals surface area contributed by atoms with E-state index in [4.69, 9.17) is 0 Å². The van der Waals surface area contributed by atoms with Crippen molar-refractivity contribution in [1.29, 1.82) is 0 Å². The number of carbonyl (C=O) groups is 1. The lowest BCUT2D eigenvalue weighted by molar-refractivity contribution is -0.196. The van der Waals surface area contributed by atoms with Gasteiger partial charge in [0.05, 0.1) is 0 Å². The van der Waals surface area contributed by atoms with E-state index < -0.39 is 18.1 Å². The number of likely N-dealkylation sites (tertiary alicyclic amines) is 1. The molecule has 2 heterocycles. The molecule has 0 radical (unpaired) electrons. The summed E-state index contributed by atoms with van der Waals surface area (Å²) >= 11 is 0. The zero-order valence-electron chi connectivity index (χ0n) is 13.4. The van der Waals surface area contributed by atoms with Gasteiger partial charge in [-0.05, 0) is 29.9 Å². The number of hydrogen-bond donors (Lipinski definition) is 2. The maximum absolute atomic E-state index is 13.1. The highest BCUT2D eigenvalue weighted by atomic mass is 19.4. The molecule has 1 fully saturated rings. The summed E-state index contributed by atoms with van der Waals surface area (Å²) < 4.78 is 39.2. The standard InChI is InChI=1S/C17H20F3N3O/c1-11(24)23-10-14(5-6-15(23)17(18,19)20)22-9-13-4-2-3-12-7-8-21-16(12)13/h2-4,7-8,14-15,21-22H,5-6,9-10H2,1H3. The second-order valence-electron chi connectivity index (χ2n) is 6.24. The zero-order chi connectivity index (χ0) is 17.3. The van der Waals surface area contributed by atoms with Crippen LogP contribution in [0.15, 0.2) is 30.5 Å². The lowest BCUT2D eigenvalue weighted by Gasteiger charge is -2.40. The summed E-state index contributed by atoms with van der Waals surface area (Å²) in [7, 11) is 0. The predicted molar refractivity (Wildman–Crippen MR) is 85.4 cm³/mol. The minimum atomic E-state index is -4.37. The second kappa shape index (κ2) is 6.47. The van der Waals surface area contributed by atoms with Crippen LogP contribution in [0.5, 0.6) is 0 Å². The fourth-order valence-electron chi connectivity index (χ4n) is 3.38. The molecule has 1 aliphatic heterocycles. The number of amides is 1. The Morgan fingerprint density at radius 1 is 1.33 bits per heavy atom. The van der Waals surface area contributed by atoms with Crippen molar-refractivity contribution in [1.82, 2.24) is 15.2 Å². The van der Waals surface area contributed by atoms with Crippen LogP contribution in [0.4, 0.5) is 13.2 Å². The molecule has 130 valence electrons. The van der Waals surface area contributed by atoms with Gasteiger partial charge in [0.15, 0.2) is 0 Å². The number of H-pyrrole nitrogens is 1. The first-order valence-corrected chi connectivity index (χ1v) is 7.98. The summed E-state index contributed by atoms with van der Waals surface area (Å²) in [6.45, 7) is 1.83. The Hall–Kier alpha value is -2.02. The van der Waals surface area contributed by atoms with Gasteiger partial charge in [-0.2, -0.15) is 13.2 Å². The molecule has 1 aliphatic rings. The van der Waals surface area contributed by atoms with Crippen LogP contribution >= 0.6 is 0 Å². The number of carbonyl (C=O) groups excluding carboxylic acids is 1. The number of hydrogen-bond acceptors (Lipinski definition) is 2. The van der Waals surface area contributed by atoms with Crippen molar-refractivity contribution >= 4 is 16.8 Å². The van der Waals surface area contributed by atoms with Gasteiger partial charge in [-0.1, -0.05) is 18.2 Å². The van der Waals surface area contributed by atoms with Gasteiger partial charge in [-0.15, -0.1) is 0 Å². The molecule has 7 heteroatoms. The monoisotopic (exact) mass is 339 g/mol. The third-order valence-corrected chi connectivity index (χ3v) is 4.62. The number of benzene rings is 1. The van der Waals surface area contributed by atoms with Crippen molar-refractivity contribution in [2.45, 2.75) is 44.6 Å². The molecular weight excluding hydrogens is 319 g/mol. The van der Waals surface area contributed by atoms with Crippen molar-refractivity contribution in [2.24, 2.45) is 0 Å². The van der Waals surface area contributed by atoms with Crippen molar-refractivity contribution < 1.29 is 18.0 Å². The van der Waals surface area contributed by atoms with Crippen molar-refractivity contribution in [2.75, 3.05) is 6.54 Å². The number of nitrogens with zero attached hydrogens (tertiary/aromatic N) is 1. The molecule has 4 nitrogen and oxygen atoms in total. The summed E-state index contributed by atoms with van der Waals surface area (Å²) in [5, 5.41) is 4.39. The number of alkyl halides is 3. The predicted octanol–water partition coefficient (Wildman–Crippen LogP) is 3.20. The highest BCUT2D eigenvalue weighted by Crippen LogP contribution is 2.32. The number of rotatable bonds is 3. The van der Waals surface area contributed by atoms with E-state index in [9.17, 15) is 18.0 Å². The lowest BCUT2D eigenvalue weighted by atomic mass is 9.97. The molecule has 2 atom stereocenters. The first-order valence-electron chi connectivity index (χ1n) is 7.98. The van der Waals surface area contributed by atoms with Gasteiger partial charge in [0.1, 0.15) is 6.04 Å². The molecule has 0 bridgehead atoms. The molecule has 2 N–H and O–H groups in total. The Labute approximate surface area is 138 Å². The molecule has 0 spiro atoms. The molecule has 1 aromatic heterocycles. The Kier molecular flexibility index (Phi) is 4.54. The van der Waals surface area contributed by atoms with Gasteiger partial charge in [-0.25, -0.2) is 0 Å². The summed E-state index contributed by atoms with van der Waals surface area (Å²) in [4.78, 5) is 15.7. The topological polar surface area (TPSA) is 48.1 Å². The number of aromatic nitrogens is 1. The summed E-state index contributed by atoms with van der Waals surface area (Å²) in [5.41, 5.74) is 2.09. The van der Waals surface area contributed by atoms with E-state index in [1.54, 1.807) is 0 Å². The van der Waals surface area contributed by atoms with Crippen LogP contribution in [0.2, 0.25) is 0 Å². The van der Waals surface area contributed by atoms with Crippen molar-refractivity contribution in [3.05, 3.63) is 36.0 Å². The van der Waals surface area contributed by atoms with Gasteiger partial charge < -0.3 is 15.2 Å². The van der Waals surface area contributed by atoms with E-state index in [2.05, 4.69) is 10.3 Å². The minimum Gasteiger partial charge on any atom is -0.361 e. The third-order valence-electron chi connectivity index (χ3n) is 4.62. The highest BCUT2D eigenvalue weighted by molar-refractivity contribution is 5.82. The summed E-state index contributed by atoms with van der Waals surface area (Å²) in [5.74, 6) is -0.532. The molecule has 1 aromatic carbocycles. The van der Waals surface area contributed by atoms with Crippen LogP contribution in [-0.4, -0.2) is 40.6 Å². The Morgan fingerprint density at radius 3 is 2.83 bits per heavy atom. The van der Waals surface area contributed by atoms with E-state index in [-0.39, 0.29) is 19.0 Å². The smallest absolute Gasteiger partial charge is 0.361 e. The molecule has 0 aliphatic carbocycles.